The summed E-state index contributed by atoms with van der Waals surface area (Å²) in [5, 5.41) is 6.21. The maximum absolute atomic E-state index is 12.2. The number of hydrogen-bond acceptors (Lipinski definition) is 4. The number of aryl methyl sites for hydroxylation is 1. The molecule has 1 aromatic heterocycles. The first-order valence-electron chi connectivity index (χ1n) is 7.90. The fraction of sp³-hybridized carbons (Fsp3) is 0.333. The SMILES string of the molecule is Cc1ccccc1Nc1ccc(NC(=O)C2CCOCC2)cn1. The molecule has 2 heterocycles. The average molecular weight is 311 g/mol. The highest BCUT2D eigenvalue weighted by atomic mass is 16.5. The Morgan fingerprint density at radius 3 is 2.65 bits per heavy atom. The number of rotatable bonds is 4. The smallest absolute Gasteiger partial charge is 0.227 e. The van der Waals surface area contributed by atoms with E-state index in [-0.39, 0.29) is 11.8 Å². The van der Waals surface area contributed by atoms with Gasteiger partial charge in [0.05, 0.1) is 11.9 Å². The number of nitrogens with zero attached hydrogens (tertiary/aromatic N) is 1. The van der Waals surface area contributed by atoms with Gasteiger partial charge in [0, 0.05) is 24.8 Å². The van der Waals surface area contributed by atoms with Crippen LogP contribution in [0.4, 0.5) is 17.2 Å². The lowest BCUT2D eigenvalue weighted by atomic mass is 9.99. The molecule has 23 heavy (non-hydrogen) atoms. The van der Waals surface area contributed by atoms with Crippen molar-refractivity contribution in [3.8, 4) is 0 Å². The number of hydrogen-bond donors (Lipinski definition) is 2. The van der Waals surface area contributed by atoms with Crippen molar-refractivity contribution in [1.82, 2.24) is 4.98 Å². The minimum Gasteiger partial charge on any atom is -0.381 e. The highest BCUT2D eigenvalue weighted by molar-refractivity contribution is 5.92. The molecule has 1 aliphatic heterocycles. The van der Waals surface area contributed by atoms with Crippen molar-refractivity contribution in [2.24, 2.45) is 5.92 Å². The number of aromatic nitrogens is 1. The Bertz CT molecular complexity index is 664. The van der Waals surface area contributed by atoms with Gasteiger partial charge in [-0.05, 0) is 43.5 Å². The molecule has 5 heteroatoms. The molecule has 0 bridgehead atoms. The highest BCUT2D eigenvalue weighted by Crippen LogP contribution is 2.21. The largest absolute Gasteiger partial charge is 0.381 e. The Kier molecular flexibility index (Phi) is 4.88. The van der Waals surface area contributed by atoms with Crippen LogP contribution < -0.4 is 10.6 Å². The minimum atomic E-state index is 0.0357. The van der Waals surface area contributed by atoms with E-state index in [1.165, 1.54) is 0 Å². The third-order valence-corrected chi connectivity index (χ3v) is 4.03. The van der Waals surface area contributed by atoms with Gasteiger partial charge in [-0.2, -0.15) is 0 Å². The zero-order valence-corrected chi connectivity index (χ0v) is 13.2. The molecule has 0 saturated carbocycles. The van der Waals surface area contributed by atoms with Crippen LogP contribution in [0.15, 0.2) is 42.6 Å². The number of amides is 1. The maximum Gasteiger partial charge on any atom is 0.227 e. The van der Waals surface area contributed by atoms with Crippen molar-refractivity contribution in [3.05, 3.63) is 48.2 Å². The predicted molar refractivity (Wildman–Crippen MR) is 90.9 cm³/mol. The van der Waals surface area contributed by atoms with E-state index in [0.29, 0.717) is 13.2 Å². The van der Waals surface area contributed by atoms with Gasteiger partial charge < -0.3 is 15.4 Å². The number of carbonyl (C=O) groups excluding carboxylic acids is 1. The number of nitrogens with one attached hydrogen (secondary N) is 2. The molecule has 0 radical (unpaired) electrons. The lowest BCUT2D eigenvalue weighted by Crippen LogP contribution is -2.28. The summed E-state index contributed by atoms with van der Waals surface area (Å²) in [6, 6.07) is 11.8. The van der Waals surface area contributed by atoms with Crippen LogP contribution in [0, 0.1) is 12.8 Å². The molecule has 0 atom stereocenters. The van der Waals surface area contributed by atoms with Gasteiger partial charge in [0.15, 0.2) is 0 Å². The quantitative estimate of drug-likeness (QED) is 0.907. The second-order valence-electron chi connectivity index (χ2n) is 5.75. The van der Waals surface area contributed by atoms with Crippen LogP contribution in [0.1, 0.15) is 18.4 Å². The van der Waals surface area contributed by atoms with Gasteiger partial charge in [-0.1, -0.05) is 18.2 Å². The Morgan fingerprint density at radius 2 is 1.96 bits per heavy atom. The number of benzene rings is 1. The van der Waals surface area contributed by atoms with Crippen LogP contribution in [0.3, 0.4) is 0 Å². The van der Waals surface area contributed by atoms with E-state index >= 15 is 0 Å². The topological polar surface area (TPSA) is 63.2 Å². The molecule has 0 unspecified atom stereocenters. The average Bonchev–Trinajstić information content (AvgIpc) is 2.59. The van der Waals surface area contributed by atoms with Crippen molar-refractivity contribution in [1.29, 1.82) is 0 Å². The van der Waals surface area contributed by atoms with E-state index in [1.54, 1.807) is 6.20 Å². The monoisotopic (exact) mass is 311 g/mol. The van der Waals surface area contributed by atoms with Gasteiger partial charge in [-0.25, -0.2) is 4.98 Å². The van der Waals surface area contributed by atoms with E-state index in [1.807, 2.05) is 43.3 Å². The highest BCUT2D eigenvalue weighted by Gasteiger charge is 2.21. The molecule has 0 spiro atoms. The first kappa shape index (κ1) is 15.5. The number of pyridine rings is 1. The third kappa shape index (κ3) is 4.07. The van der Waals surface area contributed by atoms with Crippen LogP contribution in [-0.2, 0) is 9.53 Å². The summed E-state index contributed by atoms with van der Waals surface area (Å²) in [5.74, 6) is 0.839. The fourth-order valence-electron chi connectivity index (χ4n) is 2.60. The van der Waals surface area contributed by atoms with Gasteiger partial charge in [-0.3, -0.25) is 4.79 Å². The van der Waals surface area contributed by atoms with E-state index in [9.17, 15) is 4.79 Å². The van der Waals surface area contributed by atoms with E-state index in [2.05, 4.69) is 15.6 Å². The van der Waals surface area contributed by atoms with Gasteiger partial charge in [0.2, 0.25) is 5.91 Å². The summed E-state index contributed by atoms with van der Waals surface area (Å²) in [5.41, 5.74) is 2.90. The zero-order chi connectivity index (χ0) is 16.1. The van der Waals surface area contributed by atoms with Crippen LogP contribution in [0.2, 0.25) is 0 Å². The lowest BCUT2D eigenvalue weighted by Gasteiger charge is -2.21. The molecule has 1 amide bonds. The van der Waals surface area contributed by atoms with E-state index in [0.717, 1.165) is 35.6 Å². The van der Waals surface area contributed by atoms with Crippen molar-refractivity contribution >= 4 is 23.1 Å². The van der Waals surface area contributed by atoms with Crippen LogP contribution in [0.5, 0.6) is 0 Å². The van der Waals surface area contributed by atoms with Crippen molar-refractivity contribution < 1.29 is 9.53 Å². The number of carbonyl (C=O) groups is 1. The Labute approximate surface area is 136 Å². The second-order valence-corrected chi connectivity index (χ2v) is 5.75. The molecule has 1 aliphatic rings. The van der Waals surface area contributed by atoms with Crippen LogP contribution in [0.25, 0.3) is 0 Å². The van der Waals surface area contributed by atoms with Crippen LogP contribution in [-0.4, -0.2) is 24.1 Å². The first-order chi connectivity index (χ1) is 11.2. The number of anilines is 3. The lowest BCUT2D eigenvalue weighted by molar-refractivity contribution is -0.122. The molecule has 1 aromatic carbocycles. The molecule has 5 nitrogen and oxygen atoms in total. The number of para-hydroxylation sites is 1. The number of ether oxygens (including phenoxy) is 1. The van der Waals surface area contributed by atoms with Gasteiger partial charge in [-0.15, -0.1) is 0 Å². The van der Waals surface area contributed by atoms with Gasteiger partial charge in [0.25, 0.3) is 0 Å². The third-order valence-electron chi connectivity index (χ3n) is 4.03. The summed E-state index contributed by atoms with van der Waals surface area (Å²) in [6.45, 7) is 3.37. The molecular weight excluding hydrogens is 290 g/mol. The second kappa shape index (κ2) is 7.24. The predicted octanol–water partition coefficient (Wildman–Crippen LogP) is 3.50. The molecule has 0 aliphatic carbocycles. The molecular formula is C18H21N3O2. The first-order valence-corrected chi connectivity index (χ1v) is 7.90. The Morgan fingerprint density at radius 1 is 1.17 bits per heavy atom. The molecule has 1 saturated heterocycles. The Balaban J connectivity index is 1.60. The Hall–Kier alpha value is -2.40. The molecule has 120 valence electrons. The standard InChI is InChI=1S/C18H21N3O2/c1-13-4-2-3-5-16(13)21-17-7-6-15(12-19-17)20-18(22)14-8-10-23-11-9-14/h2-7,12,14H,8-11H2,1H3,(H,19,21)(H,20,22). The summed E-state index contributed by atoms with van der Waals surface area (Å²) in [6.07, 6.45) is 3.25. The molecule has 1 fully saturated rings. The summed E-state index contributed by atoms with van der Waals surface area (Å²) in [4.78, 5) is 16.5. The van der Waals surface area contributed by atoms with Gasteiger partial charge >= 0.3 is 0 Å². The van der Waals surface area contributed by atoms with Gasteiger partial charge in [0.1, 0.15) is 5.82 Å². The van der Waals surface area contributed by atoms with Crippen molar-refractivity contribution in [2.45, 2.75) is 19.8 Å². The molecule has 3 rings (SSSR count). The van der Waals surface area contributed by atoms with E-state index < -0.39 is 0 Å². The van der Waals surface area contributed by atoms with Crippen molar-refractivity contribution in [3.63, 3.8) is 0 Å². The maximum atomic E-state index is 12.2. The summed E-state index contributed by atoms with van der Waals surface area (Å²) < 4.78 is 5.28. The van der Waals surface area contributed by atoms with Crippen molar-refractivity contribution in [2.75, 3.05) is 23.8 Å². The van der Waals surface area contributed by atoms with E-state index in [4.69, 9.17) is 4.74 Å². The zero-order valence-electron chi connectivity index (χ0n) is 13.2. The molecule has 2 N–H and O–H groups in total. The normalized spacial score (nSPS) is 15.2. The molecule has 2 aromatic rings. The van der Waals surface area contributed by atoms with Crippen LogP contribution >= 0.6 is 0 Å². The summed E-state index contributed by atoms with van der Waals surface area (Å²) >= 11 is 0. The minimum absolute atomic E-state index is 0.0357. The summed E-state index contributed by atoms with van der Waals surface area (Å²) in [7, 11) is 0. The fourth-order valence-corrected chi connectivity index (χ4v) is 2.60.